The molecule has 0 aromatic carbocycles. The summed E-state index contributed by atoms with van der Waals surface area (Å²) in [6.07, 6.45) is 2.65. The summed E-state index contributed by atoms with van der Waals surface area (Å²) in [6.45, 7) is 4.28. The minimum atomic E-state index is 0. The van der Waals surface area contributed by atoms with Crippen molar-refractivity contribution in [1.29, 1.82) is 0 Å². The maximum Gasteiger partial charge on any atom is 0.254 e. The van der Waals surface area contributed by atoms with Gasteiger partial charge in [0.05, 0.1) is 0 Å². The summed E-state index contributed by atoms with van der Waals surface area (Å²) in [5.74, 6) is 0.870. The van der Waals surface area contributed by atoms with Crippen LogP contribution in [0.1, 0.15) is 23.7 Å². The van der Waals surface area contributed by atoms with Crippen LogP contribution in [-0.2, 0) is 0 Å². The van der Waals surface area contributed by atoms with Crippen molar-refractivity contribution in [1.82, 2.24) is 9.88 Å². The molecule has 0 radical (unpaired) electrons. The lowest BCUT2D eigenvalue weighted by molar-refractivity contribution is 0.0777. The number of hydrogen-bond donors (Lipinski definition) is 1. The zero-order valence-corrected chi connectivity index (χ0v) is 14.3. The first-order valence-electron chi connectivity index (χ1n) is 6.58. The van der Waals surface area contributed by atoms with Gasteiger partial charge in [-0.25, -0.2) is 4.98 Å². The Bertz CT molecular complexity index is 484. The molecule has 0 bridgehead atoms. The Balaban J connectivity index is 0.00000200. The van der Waals surface area contributed by atoms with E-state index in [-0.39, 0.29) is 36.1 Å². The van der Waals surface area contributed by atoms with E-state index in [2.05, 4.69) is 11.9 Å². The molecule has 1 unspecified atom stereocenters. The Morgan fingerprint density at radius 2 is 2.14 bits per heavy atom. The third kappa shape index (κ3) is 4.46. The highest BCUT2D eigenvalue weighted by Gasteiger charge is 2.35. The molecule has 1 aliphatic rings. The van der Waals surface area contributed by atoms with Gasteiger partial charge in [0.2, 0.25) is 0 Å². The summed E-state index contributed by atoms with van der Waals surface area (Å²) in [4.78, 5) is 20.5. The molecule has 0 spiro atoms. The van der Waals surface area contributed by atoms with Crippen molar-refractivity contribution in [3.8, 4) is 0 Å². The number of likely N-dealkylation sites (tertiary alicyclic amines) is 1. The molecular formula is C14H24Cl2N4O. The average molecular weight is 335 g/mol. The van der Waals surface area contributed by atoms with Crippen molar-refractivity contribution in [3.05, 3.63) is 23.9 Å². The second kappa shape index (κ2) is 7.82. The summed E-state index contributed by atoms with van der Waals surface area (Å²) in [6, 6.07) is 3.61. The van der Waals surface area contributed by atoms with Crippen LogP contribution in [-0.4, -0.2) is 49.5 Å². The van der Waals surface area contributed by atoms with E-state index in [1.54, 1.807) is 12.3 Å². The number of aromatic nitrogens is 1. The topological polar surface area (TPSA) is 62.5 Å². The van der Waals surface area contributed by atoms with Gasteiger partial charge in [-0.3, -0.25) is 4.79 Å². The van der Waals surface area contributed by atoms with Gasteiger partial charge in [-0.1, -0.05) is 6.92 Å². The molecular weight excluding hydrogens is 311 g/mol. The fraction of sp³-hybridized carbons (Fsp3) is 0.571. The monoisotopic (exact) mass is 334 g/mol. The Morgan fingerprint density at radius 1 is 1.48 bits per heavy atom. The highest BCUT2D eigenvalue weighted by molar-refractivity contribution is 5.95. The van der Waals surface area contributed by atoms with E-state index in [0.29, 0.717) is 12.1 Å². The standard InChI is InChI=1S/C14H22N4O.2ClH/c1-14(9-15)5-7-18(10-14)13(19)11-4-6-16-12(8-11)17(2)3;;/h4,6,8H,5,7,9-10,15H2,1-3H3;2*1H. The smallest absolute Gasteiger partial charge is 0.254 e. The van der Waals surface area contributed by atoms with Crippen LogP contribution >= 0.6 is 24.8 Å². The molecule has 1 fully saturated rings. The second-order valence-electron chi connectivity index (χ2n) is 5.79. The number of carbonyl (C=O) groups excluding carboxylic acids is 1. The van der Waals surface area contributed by atoms with E-state index < -0.39 is 0 Å². The molecule has 1 aromatic heterocycles. The van der Waals surface area contributed by atoms with E-state index in [9.17, 15) is 4.79 Å². The molecule has 1 aromatic rings. The number of halogens is 2. The number of hydrogen-bond acceptors (Lipinski definition) is 4. The van der Waals surface area contributed by atoms with Gasteiger partial charge in [0.25, 0.3) is 5.91 Å². The van der Waals surface area contributed by atoms with E-state index in [1.165, 1.54) is 0 Å². The van der Waals surface area contributed by atoms with Crippen LogP contribution < -0.4 is 10.6 Å². The highest BCUT2D eigenvalue weighted by atomic mass is 35.5. The first-order chi connectivity index (χ1) is 8.95. The molecule has 1 saturated heterocycles. The van der Waals surface area contributed by atoms with Crippen molar-refractivity contribution in [2.45, 2.75) is 13.3 Å². The first kappa shape index (κ1) is 20.0. The lowest BCUT2D eigenvalue weighted by Gasteiger charge is -2.22. The number of nitrogens with zero attached hydrogens (tertiary/aromatic N) is 3. The van der Waals surface area contributed by atoms with Gasteiger partial charge < -0.3 is 15.5 Å². The van der Waals surface area contributed by atoms with E-state index in [0.717, 1.165) is 25.3 Å². The SMILES string of the molecule is CN(C)c1cc(C(=O)N2CCC(C)(CN)C2)ccn1.Cl.Cl. The summed E-state index contributed by atoms with van der Waals surface area (Å²) in [7, 11) is 3.83. The minimum Gasteiger partial charge on any atom is -0.363 e. The minimum absolute atomic E-state index is 0. The maximum atomic E-state index is 12.5. The molecule has 5 nitrogen and oxygen atoms in total. The molecule has 0 saturated carbocycles. The van der Waals surface area contributed by atoms with Crippen LogP contribution in [0.5, 0.6) is 0 Å². The van der Waals surface area contributed by atoms with Gasteiger partial charge in [-0.2, -0.15) is 0 Å². The molecule has 21 heavy (non-hydrogen) atoms. The Morgan fingerprint density at radius 3 is 2.67 bits per heavy atom. The average Bonchev–Trinajstić information content (AvgIpc) is 2.81. The molecule has 1 amide bonds. The molecule has 2 heterocycles. The van der Waals surface area contributed by atoms with Gasteiger partial charge >= 0.3 is 0 Å². The van der Waals surface area contributed by atoms with Crippen LogP contribution in [0, 0.1) is 5.41 Å². The van der Waals surface area contributed by atoms with E-state index in [4.69, 9.17) is 5.73 Å². The van der Waals surface area contributed by atoms with E-state index in [1.807, 2.05) is 30.0 Å². The molecule has 0 aliphatic carbocycles. The second-order valence-corrected chi connectivity index (χ2v) is 5.79. The predicted octanol–water partition coefficient (Wildman–Crippen LogP) is 1.80. The third-order valence-electron chi connectivity index (χ3n) is 3.79. The van der Waals surface area contributed by atoms with Crippen molar-refractivity contribution < 1.29 is 4.79 Å². The number of anilines is 1. The lowest BCUT2D eigenvalue weighted by atomic mass is 9.90. The molecule has 1 aliphatic heterocycles. The summed E-state index contributed by atoms with van der Waals surface area (Å²) < 4.78 is 0. The fourth-order valence-electron chi connectivity index (χ4n) is 2.34. The predicted molar refractivity (Wildman–Crippen MR) is 90.7 cm³/mol. The third-order valence-corrected chi connectivity index (χ3v) is 3.79. The quantitative estimate of drug-likeness (QED) is 0.915. The normalized spacial score (nSPS) is 20.5. The van der Waals surface area contributed by atoms with Crippen molar-refractivity contribution >= 4 is 36.5 Å². The zero-order chi connectivity index (χ0) is 14.0. The van der Waals surface area contributed by atoms with Crippen molar-refractivity contribution in [2.24, 2.45) is 11.1 Å². The number of carbonyl (C=O) groups is 1. The number of rotatable bonds is 3. The molecule has 2 rings (SSSR count). The van der Waals surface area contributed by atoms with Gasteiger partial charge in [-0.15, -0.1) is 24.8 Å². The molecule has 120 valence electrons. The van der Waals surface area contributed by atoms with Crippen molar-refractivity contribution in [3.63, 3.8) is 0 Å². The highest BCUT2D eigenvalue weighted by Crippen LogP contribution is 2.29. The lowest BCUT2D eigenvalue weighted by Crippen LogP contribution is -2.34. The first-order valence-corrected chi connectivity index (χ1v) is 6.58. The molecule has 1 atom stereocenters. The largest absolute Gasteiger partial charge is 0.363 e. The van der Waals surface area contributed by atoms with Crippen LogP contribution in [0.4, 0.5) is 5.82 Å². The fourth-order valence-corrected chi connectivity index (χ4v) is 2.34. The Labute approximate surface area is 138 Å². The summed E-state index contributed by atoms with van der Waals surface area (Å²) >= 11 is 0. The van der Waals surface area contributed by atoms with Crippen molar-refractivity contribution in [2.75, 3.05) is 38.6 Å². The van der Waals surface area contributed by atoms with Crippen LogP contribution in [0.25, 0.3) is 0 Å². The van der Waals surface area contributed by atoms with E-state index >= 15 is 0 Å². The van der Waals surface area contributed by atoms with Crippen LogP contribution in [0.2, 0.25) is 0 Å². The van der Waals surface area contributed by atoms with Gasteiger partial charge in [0, 0.05) is 38.9 Å². The summed E-state index contributed by atoms with van der Waals surface area (Å²) in [5.41, 5.74) is 6.54. The Kier molecular flexibility index (Phi) is 7.44. The molecule has 2 N–H and O–H groups in total. The van der Waals surface area contributed by atoms with Gasteiger partial charge in [0.15, 0.2) is 0 Å². The molecule has 7 heteroatoms. The van der Waals surface area contributed by atoms with Gasteiger partial charge in [-0.05, 0) is 30.5 Å². The number of nitrogens with two attached hydrogens (primary N) is 1. The maximum absolute atomic E-state index is 12.5. The Hall–Kier alpha value is -1.04. The summed E-state index contributed by atoms with van der Waals surface area (Å²) in [5, 5.41) is 0. The van der Waals surface area contributed by atoms with Crippen LogP contribution in [0.15, 0.2) is 18.3 Å². The number of pyridine rings is 1. The van der Waals surface area contributed by atoms with Gasteiger partial charge in [0.1, 0.15) is 5.82 Å². The number of amides is 1. The zero-order valence-electron chi connectivity index (χ0n) is 12.7. The van der Waals surface area contributed by atoms with Crippen LogP contribution in [0.3, 0.4) is 0 Å².